The smallest absolute Gasteiger partial charge is 0.220 e. The molecule has 0 spiro atoms. The third kappa shape index (κ3) is 4.92. The van der Waals surface area contributed by atoms with E-state index in [1.807, 2.05) is 34.9 Å². The largest absolute Gasteiger partial charge is 0.393 e. The Kier molecular flexibility index (Phi) is 6.19. The van der Waals surface area contributed by atoms with E-state index in [9.17, 15) is 14.3 Å². The van der Waals surface area contributed by atoms with E-state index in [2.05, 4.69) is 10.3 Å². The van der Waals surface area contributed by atoms with Gasteiger partial charge in [0, 0.05) is 24.9 Å². The number of aliphatic hydroxyl groups is 1. The molecule has 1 unspecified atom stereocenters. The molecule has 27 heavy (non-hydrogen) atoms. The molecule has 0 fully saturated rings. The zero-order valence-corrected chi connectivity index (χ0v) is 15.4. The molecular formula is C21H24FN3O2. The van der Waals surface area contributed by atoms with Crippen LogP contribution >= 0.6 is 0 Å². The second kappa shape index (κ2) is 8.77. The van der Waals surface area contributed by atoms with Gasteiger partial charge in [-0.3, -0.25) is 4.79 Å². The highest BCUT2D eigenvalue weighted by molar-refractivity contribution is 5.76. The van der Waals surface area contributed by atoms with Crippen LogP contribution < -0.4 is 5.32 Å². The first-order chi connectivity index (χ1) is 13.0. The van der Waals surface area contributed by atoms with E-state index >= 15 is 0 Å². The van der Waals surface area contributed by atoms with Gasteiger partial charge >= 0.3 is 0 Å². The van der Waals surface area contributed by atoms with E-state index in [-0.39, 0.29) is 11.7 Å². The molecule has 142 valence electrons. The lowest BCUT2D eigenvalue weighted by atomic mass is 10.2. The fraction of sp³-hybridized carbons (Fsp3) is 0.333. The van der Waals surface area contributed by atoms with E-state index in [0.29, 0.717) is 37.9 Å². The monoisotopic (exact) mass is 369 g/mol. The Balaban J connectivity index is 1.75. The van der Waals surface area contributed by atoms with Crippen molar-refractivity contribution in [1.82, 2.24) is 14.9 Å². The highest BCUT2D eigenvalue weighted by Gasteiger charge is 2.13. The number of hydrogen-bond donors (Lipinski definition) is 2. The predicted octanol–water partition coefficient (Wildman–Crippen LogP) is 3.04. The molecular weight excluding hydrogens is 345 g/mol. The summed E-state index contributed by atoms with van der Waals surface area (Å²) >= 11 is 0. The van der Waals surface area contributed by atoms with Gasteiger partial charge in [0.1, 0.15) is 11.6 Å². The number of hydrogen-bond acceptors (Lipinski definition) is 3. The second-order valence-corrected chi connectivity index (χ2v) is 6.68. The Morgan fingerprint density at radius 1 is 1.22 bits per heavy atom. The third-order valence-electron chi connectivity index (χ3n) is 4.48. The minimum atomic E-state index is -0.485. The van der Waals surface area contributed by atoms with Gasteiger partial charge in [-0.1, -0.05) is 30.3 Å². The lowest BCUT2D eigenvalue weighted by molar-refractivity contribution is -0.121. The number of aliphatic hydroxyl groups excluding tert-OH is 1. The Hall–Kier alpha value is -2.73. The molecule has 1 aromatic heterocycles. The van der Waals surface area contributed by atoms with E-state index in [1.54, 1.807) is 19.1 Å². The number of rotatable bonds is 8. The van der Waals surface area contributed by atoms with Crippen molar-refractivity contribution in [3.63, 3.8) is 0 Å². The van der Waals surface area contributed by atoms with Gasteiger partial charge in [0.25, 0.3) is 0 Å². The predicted molar refractivity (Wildman–Crippen MR) is 103 cm³/mol. The van der Waals surface area contributed by atoms with Crippen LogP contribution in [-0.4, -0.2) is 33.2 Å². The number of carbonyl (C=O) groups excluding carboxylic acids is 1. The molecule has 1 heterocycles. The Labute approximate surface area is 157 Å². The van der Waals surface area contributed by atoms with Crippen LogP contribution in [0, 0.1) is 5.82 Å². The van der Waals surface area contributed by atoms with Crippen LogP contribution in [0.3, 0.4) is 0 Å². The van der Waals surface area contributed by atoms with Crippen molar-refractivity contribution in [2.24, 2.45) is 0 Å². The SMILES string of the molecule is CC(O)CCC(=O)NCCc1nc2ccccc2n1Cc1ccccc1F. The van der Waals surface area contributed by atoms with Crippen LogP contribution in [0.25, 0.3) is 11.0 Å². The average molecular weight is 369 g/mol. The molecule has 0 radical (unpaired) electrons. The van der Waals surface area contributed by atoms with Gasteiger partial charge in [0.2, 0.25) is 5.91 Å². The summed E-state index contributed by atoms with van der Waals surface area (Å²) in [4.78, 5) is 16.5. The summed E-state index contributed by atoms with van der Waals surface area (Å²) in [5, 5.41) is 12.1. The number of benzene rings is 2. The Bertz CT molecular complexity index is 921. The molecule has 0 aliphatic heterocycles. The van der Waals surface area contributed by atoms with Gasteiger partial charge in [-0.2, -0.15) is 0 Å². The minimum absolute atomic E-state index is 0.0901. The summed E-state index contributed by atoms with van der Waals surface area (Å²) in [6.07, 6.45) is 0.797. The van der Waals surface area contributed by atoms with Crippen molar-refractivity contribution in [2.45, 2.75) is 38.8 Å². The Morgan fingerprint density at radius 3 is 2.74 bits per heavy atom. The first kappa shape index (κ1) is 19.0. The Morgan fingerprint density at radius 2 is 1.96 bits per heavy atom. The van der Waals surface area contributed by atoms with Gasteiger partial charge in [-0.15, -0.1) is 0 Å². The molecule has 0 saturated carbocycles. The number of halogens is 1. The summed E-state index contributed by atoms with van der Waals surface area (Å²) in [7, 11) is 0. The highest BCUT2D eigenvalue weighted by Crippen LogP contribution is 2.19. The summed E-state index contributed by atoms with van der Waals surface area (Å²) in [6, 6.07) is 14.5. The molecule has 5 nitrogen and oxygen atoms in total. The maximum atomic E-state index is 14.1. The molecule has 6 heteroatoms. The van der Waals surface area contributed by atoms with E-state index in [4.69, 9.17) is 0 Å². The topological polar surface area (TPSA) is 67.2 Å². The van der Waals surface area contributed by atoms with Gasteiger partial charge in [0.05, 0.1) is 23.7 Å². The first-order valence-electron chi connectivity index (χ1n) is 9.17. The molecule has 2 aromatic carbocycles. The number of nitrogens with one attached hydrogen (secondary N) is 1. The van der Waals surface area contributed by atoms with E-state index in [0.717, 1.165) is 16.9 Å². The lowest BCUT2D eigenvalue weighted by Gasteiger charge is -2.11. The van der Waals surface area contributed by atoms with Crippen molar-refractivity contribution < 1.29 is 14.3 Å². The standard InChI is InChI=1S/C21H24FN3O2/c1-15(26)10-11-21(27)23-13-12-20-24-18-8-4-5-9-19(18)25(20)14-16-6-2-3-7-17(16)22/h2-9,15,26H,10-14H2,1H3,(H,23,27). The molecule has 1 amide bonds. The van der Waals surface area contributed by atoms with Gasteiger partial charge < -0.3 is 15.0 Å². The van der Waals surface area contributed by atoms with Crippen LogP contribution in [0.5, 0.6) is 0 Å². The van der Waals surface area contributed by atoms with Crippen LogP contribution in [-0.2, 0) is 17.8 Å². The molecule has 0 aliphatic carbocycles. The van der Waals surface area contributed by atoms with Crippen molar-refractivity contribution in [2.75, 3.05) is 6.54 Å². The number of amides is 1. The van der Waals surface area contributed by atoms with Crippen LogP contribution in [0.2, 0.25) is 0 Å². The minimum Gasteiger partial charge on any atom is -0.393 e. The number of carbonyl (C=O) groups is 1. The zero-order chi connectivity index (χ0) is 19.2. The lowest BCUT2D eigenvalue weighted by Crippen LogP contribution is -2.27. The molecule has 2 N–H and O–H groups in total. The number of imidazole rings is 1. The molecule has 0 aliphatic rings. The summed E-state index contributed by atoms with van der Waals surface area (Å²) in [6.45, 7) is 2.50. The average Bonchev–Trinajstić information content (AvgIpc) is 2.99. The number of aromatic nitrogens is 2. The van der Waals surface area contributed by atoms with Gasteiger partial charge in [-0.05, 0) is 31.5 Å². The van der Waals surface area contributed by atoms with Crippen molar-refractivity contribution in [3.05, 3.63) is 65.7 Å². The van der Waals surface area contributed by atoms with Crippen molar-refractivity contribution >= 4 is 16.9 Å². The second-order valence-electron chi connectivity index (χ2n) is 6.68. The first-order valence-corrected chi connectivity index (χ1v) is 9.17. The maximum Gasteiger partial charge on any atom is 0.220 e. The molecule has 0 saturated heterocycles. The fourth-order valence-corrected chi connectivity index (χ4v) is 3.03. The van der Waals surface area contributed by atoms with E-state index < -0.39 is 6.10 Å². The summed E-state index contributed by atoms with van der Waals surface area (Å²) < 4.78 is 16.1. The summed E-state index contributed by atoms with van der Waals surface area (Å²) in [5.74, 6) is 0.468. The van der Waals surface area contributed by atoms with Gasteiger partial charge in [0.15, 0.2) is 0 Å². The number of nitrogens with zero attached hydrogens (tertiary/aromatic N) is 2. The van der Waals surface area contributed by atoms with Gasteiger partial charge in [-0.25, -0.2) is 9.37 Å². The van der Waals surface area contributed by atoms with Crippen LogP contribution in [0.4, 0.5) is 4.39 Å². The maximum absolute atomic E-state index is 14.1. The molecule has 0 bridgehead atoms. The summed E-state index contributed by atoms with van der Waals surface area (Å²) in [5.41, 5.74) is 2.39. The fourth-order valence-electron chi connectivity index (χ4n) is 3.03. The normalized spacial score (nSPS) is 12.3. The van der Waals surface area contributed by atoms with Crippen LogP contribution in [0.15, 0.2) is 48.5 Å². The van der Waals surface area contributed by atoms with Crippen molar-refractivity contribution in [1.29, 1.82) is 0 Å². The third-order valence-corrected chi connectivity index (χ3v) is 4.48. The highest BCUT2D eigenvalue weighted by atomic mass is 19.1. The van der Waals surface area contributed by atoms with Crippen molar-refractivity contribution in [3.8, 4) is 0 Å². The zero-order valence-electron chi connectivity index (χ0n) is 15.4. The molecule has 3 rings (SSSR count). The number of fused-ring (bicyclic) bond motifs is 1. The van der Waals surface area contributed by atoms with Crippen LogP contribution in [0.1, 0.15) is 31.2 Å². The molecule has 1 atom stereocenters. The number of para-hydroxylation sites is 2. The quantitative estimate of drug-likeness (QED) is 0.641. The van der Waals surface area contributed by atoms with E-state index in [1.165, 1.54) is 6.07 Å². The molecule has 3 aromatic rings.